The SMILES string of the molecule is CCC[C@H]1[C@@H](CC=O)[C@H](CC(=O)O)[C@]1(CCC)C(=O)NCc1ccc(Oc2ccccc2)cc1. The summed E-state index contributed by atoms with van der Waals surface area (Å²) in [6.45, 7) is 4.44. The Morgan fingerprint density at radius 2 is 1.68 bits per heavy atom. The third kappa shape index (κ3) is 5.49. The fourth-order valence-electron chi connectivity index (χ4n) is 5.83. The standard InChI is InChI=1S/C28H35NO5/c1-3-8-24-23(15-17-30)25(18-26(31)32)28(24,16-4-2)27(33)29-19-20-11-13-22(14-12-20)34-21-9-6-5-7-10-21/h5-7,9-14,17,23-25H,3-4,8,15-16,18-19H2,1-2H3,(H,29,33)(H,31,32)/t23-,24+,25+,28-/m1/s1. The third-order valence-electron chi connectivity index (χ3n) is 7.16. The summed E-state index contributed by atoms with van der Waals surface area (Å²) < 4.78 is 5.83. The van der Waals surface area contributed by atoms with Crippen molar-refractivity contribution in [2.24, 2.45) is 23.2 Å². The molecule has 0 unspecified atom stereocenters. The molecule has 1 amide bonds. The number of carboxylic acids is 1. The minimum atomic E-state index is -0.918. The number of benzene rings is 2. The zero-order chi connectivity index (χ0) is 24.6. The molecule has 34 heavy (non-hydrogen) atoms. The van der Waals surface area contributed by atoms with Gasteiger partial charge in [-0.2, -0.15) is 0 Å². The van der Waals surface area contributed by atoms with Gasteiger partial charge in [0.05, 0.1) is 5.41 Å². The van der Waals surface area contributed by atoms with Crippen molar-refractivity contribution < 1.29 is 24.2 Å². The monoisotopic (exact) mass is 465 g/mol. The van der Waals surface area contributed by atoms with Gasteiger partial charge in [-0.25, -0.2) is 0 Å². The molecule has 4 atom stereocenters. The van der Waals surface area contributed by atoms with E-state index in [1.54, 1.807) is 0 Å². The van der Waals surface area contributed by atoms with Gasteiger partial charge in [0, 0.05) is 19.4 Å². The summed E-state index contributed by atoms with van der Waals surface area (Å²) in [7, 11) is 0. The van der Waals surface area contributed by atoms with Gasteiger partial charge in [-0.1, -0.05) is 57.0 Å². The van der Waals surface area contributed by atoms with Gasteiger partial charge in [0.15, 0.2) is 0 Å². The number of para-hydroxylation sites is 1. The van der Waals surface area contributed by atoms with E-state index in [1.807, 2.05) is 61.5 Å². The van der Waals surface area contributed by atoms with Crippen LogP contribution in [-0.2, 0) is 20.9 Å². The fraction of sp³-hybridized carbons (Fsp3) is 0.464. The first kappa shape index (κ1) is 25.5. The topological polar surface area (TPSA) is 92.7 Å². The second-order valence-electron chi connectivity index (χ2n) is 9.20. The second kappa shape index (κ2) is 11.8. The Balaban J connectivity index is 1.73. The number of hydrogen-bond donors (Lipinski definition) is 2. The zero-order valence-electron chi connectivity index (χ0n) is 20.0. The van der Waals surface area contributed by atoms with Gasteiger partial charge >= 0.3 is 5.97 Å². The highest BCUT2D eigenvalue weighted by Crippen LogP contribution is 2.62. The van der Waals surface area contributed by atoms with Crippen LogP contribution >= 0.6 is 0 Å². The summed E-state index contributed by atoms with van der Waals surface area (Å²) in [6, 6.07) is 17.1. The van der Waals surface area contributed by atoms with Crippen LogP contribution in [0.4, 0.5) is 0 Å². The van der Waals surface area contributed by atoms with Crippen molar-refractivity contribution in [3.8, 4) is 11.5 Å². The maximum Gasteiger partial charge on any atom is 0.303 e. The highest BCUT2D eigenvalue weighted by atomic mass is 16.5. The fourth-order valence-corrected chi connectivity index (χ4v) is 5.83. The minimum absolute atomic E-state index is 0.0219. The van der Waals surface area contributed by atoms with Gasteiger partial charge in [0.2, 0.25) is 5.91 Å². The molecule has 0 bridgehead atoms. The number of carbonyl (C=O) groups excluding carboxylic acids is 2. The second-order valence-corrected chi connectivity index (χ2v) is 9.20. The molecule has 1 fully saturated rings. The van der Waals surface area contributed by atoms with Gasteiger partial charge < -0.3 is 20.0 Å². The Hall–Kier alpha value is -3.15. The van der Waals surface area contributed by atoms with E-state index in [1.165, 1.54) is 0 Å². The van der Waals surface area contributed by atoms with Gasteiger partial charge in [-0.05, 0) is 60.4 Å². The van der Waals surface area contributed by atoms with Crippen molar-refractivity contribution in [1.29, 1.82) is 0 Å². The maximum atomic E-state index is 13.6. The van der Waals surface area contributed by atoms with E-state index >= 15 is 0 Å². The normalized spacial score (nSPS) is 23.5. The molecule has 0 heterocycles. The molecule has 1 saturated carbocycles. The van der Waals surface area contributed by atoms with Gasteiger partial charge in [-0.15, -0.1) is 0 Å². The number of nitrogens with one attached hydrogen (secondary N) is 1. The molecule has 182 valence electrons. The van der Waals surface area contributed by atoms with Crippen LogP contribution in [0.1, 0.15) is 57.9 Å². The summed E-state index contributed by atoms with van der Waals surface area (Å²) in [5.74, 6) is 0.0986. The molecule has 2 N–H and O–H groups in total. The van der Waals surface area contributed by atoms with Gasteiger partial charge in [-0.3, -0.25) is 9.59 Å². The highest BCUT2D eigenvalue weighted by molar-refractivity contribution is 5.86. The quantitative estimate of drug-likeness (QED) is 0.375. The van der Waals surface area contributed by atoms with Crippen molar-refractivity contribution >= 4 is 18.2 Å². The predicted octanol–water partition coefficient (Wildman–Crippen LogP) is 5.61. The molecule has 0 spiro atoms. The Kier molecular flexibility index (Phi) is 8.85. The minimum Gasteiger partial charge on any atom is -0.481 e. The number of rotatable bonds is 13. The third-order valence-corrected chi connectivity index (χ3v) is 7.16. The number of amides is 1. The number of aliphatic carboxylic acids is 1. The molecule has 0 radical (unpaired) electrons. The maximum absolute atomic E-state index is 13.6. The lowest BCUT2D eigenvalue weighted by Crippen LogP contribution is -2.64. The van der Waals surface area contributed by atoms with Crippen LogP contribution in [0.15, 0.2) is 54.6 Å². The molecule has 0 aromatic heterocycles. The summed E-state index contributed by atoms with van der Waals surface area (Å²) >= 11 is 0. The number of aldehydes is 1. The molecule has 1 aliphatic rings. The molecular formula is C28H35NO5. The Labute approximate surface area is 201 Å². The molecule has 0 aliphatic heterocycles. The van der Waals surface area contributed by atoms with Crippen LogP contribution in [0.5, 0.6) is 11.5 Å². The molecule has 3 rings (SSSR count). The number of carboxylic acid groups (broad SMARTS) is 1. The highest BCUT2D eigenvalue weighted by Gasteiger charge is 2.64. The molecule has 1 aliphatic carbocycles. The average molecular weight is 466 g/mol. The van der Waals surface area contributed by atoms with Crippen LogP contribution in [0.25, 0.3) is 0 Å². The van der Waals surface area contributed by atoms with Crippen LogP contribution in [0.3, 0.4) is 0 Å². The lowest BCUT2D eigenvalue weighted by atomic mass is 9.42. The Bertz CT molecular complexity index is 959. The van der Waals surface area contributed by atoms with E-state index < -0.39 is 11.4 Å². The van der Waals surface area contributed by atoms with Crippen molar-refractivity contribution in [1.82, 2.24) is 5.32 Å². The largest absolute Gasteiger partial charge is 0.481 e. The Morgan fingerprint density at radius 3 is 2.26 bits per heavy atom. The molecule has 6 heteroatoms. The average Bonchev–Trinajstić information content (AvgIpc) is 2.84. The van der Waals surface area contributed by atoms with E-state index in [9.17, 15) is 19.5 Å². The molecular weight excluding hydrogens is 430 g/mol. The van der Waals surface area contributed by atoms with E-state index in [4.69, 9.17) is 4.74 Å². The number of hydrogen-bond acceptors (Lipinski definition) is 4. The van der Waals surface area contributed by atoms with Gasteiger partial charge in [0.25, 0.3) is 0 Å². The summed E-state index contributed by atoms with van der Waals surface area (Å²) in [5, 5.41) is 12.6. The summed E-state index contributed by atoms with van der Waals surface area (Å²) in [6.07, 6.45) is 4.20. The molecule has 6 nitrogen and oxygen atoms in total. The van der Waals surface area contributed by atoms with Gasteiger partial charge in [0.1, 0.15) is 17.8 Å². The first-order valence-electron chi connectivity index (χ1n) is 12.2. The molecule has 0 saturated heterocycles. The van der Waals surface area contributed by atoms with Crippen LogP contribution in [0.2, 0.25) is 0 Å². The zero-order valence-corrected chi connectivity index (χ0v) is 20.0. The molecule has 2 aromatic rings. The van der Waals surface area contributed by atoms with E-state index in [2.05, 4.69) is 12.2 Å². The number of ether oxygens (including phenoxy) is 1. The van der Waals surface area contributed by atoms with Crippen LogP contribution in [0, 0.1) is 23.2 Å². The van der Waals surface area contributed by atoms with Crippen LogP contribution in [-0.4, -0.2) is 23.3 Å². The predicted molar refractivity (Wildman–Crippen MR) is 130 cm³/mol. The van der Waals surface area contributed by atoms with Crippen molar-refractivity contribution in [3.05, 3.63) is 60.2 Å². The van der Waals surface area contributed by atoms with Crippen LogP contribution < -0.4 is 10.1 Å². The van der Waals surface area contributed by atoms with Crippen molar-refractivity contribution in [2.45, 2.75) is 58.9 Å². The number of carbonyl (C=O) groups is 3. The first-order chi connectivity index (χ1) is 16.5. The molecule has 2 aromatic carbocycles. The lowest BCUT2D eigenvalue weighted by Gasteiger charge is -2.60. The van der Waals surface area contributed by atoms with E-state index in [0.717, 1.165) is 36.9 Å². The van der Waals surface area contributed by atoms with E-state index in [0.29, 0.717) is 25.1 Å². The lowest BCUT2D eigenvalue weighted by molar-refractivity contribution is -0.179. The Morgan fingerprint density at radius 1 is 1.00 bits per heavy atom. The first-order valence-corrected chi connectivity index (χ1v) is 12.2. The van der Waals surface area contributed by atoms with Crippen molar-refractivity contribution in [2.75, 3.05) is 0 Å². The summed E-state index contributed by atoms with van der Waals surface area (Å²) in [4.78, 5) is 36.6. The smallest absolute Gasteiger partial charge is 0.303 e. The van der Waals surface area contributed by atoms with E-state index in [-0.39, 0.29) is 30.1 Å². The van der Waals surface area contributed by atoms with Crippen molar-refractivity contribution in [3.63, 3.8) is 0 Å². The summed E-state index contributed by atoms with van der Waals surface area (Å²) in [5.41, 5.74) is 0.193.